The molecule has 0 aliphatic carbocycles. The Morgan fingerprint density at radius 1 is 0.385 bits per heavy atom. The summed E-state index contributed by atoms with van der Waals surface area (Å²) < 4.78 is 10.7. The van der Waals surface area contributed by atoms with Gasteiger partial charge in [0.15, 0.2) is 17.1 Å². The molecule has 8 N–H and O–H groups in total. The molecule has 0 unspecified atom stereocenters. The van der Waals surface area contributed by atoms with Crippen LogP contribution in [0, 0.1) is 29.9 Å². The van der Waals surface area contributed by atoms with E-state index in [0.717, 1.165) is 45.2 Å². The molecule has 10 heterocycles. The van der Waals surface area contributed by atoms with Gasteiger partial charge in [0.25, 0.3) is 29.5 Å². The summed E-state index contributed by atoms with van der Waals surface area (Å²) in [6.07, 6.45) is 10.2. The lowest BCUT2D eigenvalue weighted by Gasteiger charge is -2.19. The molecule has 0 saturated carbocycles. The second-order valence-corrected chi connectivity index (χ2v) is 34.9. The lowest BCUT2D eigenvalue weighted by molar-refractivity contribution is 0.0910. The minimum atomic E-state index is -0.594. The van der Waals surface area contributed by atoms with Crippen LogP contribution in [0.3, 0.4) is 0 Å². The molecule has 6 aromatic carbocycles. The van der Waals surface area contributed by atoms with Crippen molar-refractivity contribution in [3.05, 3.63) is 455 Å². The van der Waals surface area contributed by atoms with Gasteiger partial charge in [0.2, 0.25) is 0 Å². The molecule has 0 fully saturated rings. The van der Waals surface area contributed by atoms with E-state index in [9.17, 15) is 24.0 Å². The summed E-state index contributed by atoms with van der Waals surface area (Å²) in [6, 6.07) is 65.3. The molecule has 0 radical (unpaired) electrons. The number of carbonyl (C=O) groups excluding carboxylic acids is 5. The normalized spacial score (nSPS) is 11.6. The molecule has 130 heavy (non-hydrogen) atoms. The second kappa shape index (κ2) is 47.5. The van der Waals surface area contributed by atoms with E-state index in [1.165, 1.54) is 59.6 Å². The second-order valence-electron chi connectivity index (χ2n) is 26.9. The number of nitrogens with zero attached hydrogens (tertiary/aromatic N) is 8. The number of hydrogen-bond donors (Lipinski definition) is 6. The van der Waals surface area contributed by atoms with Crippen LogP contribution in [0.5, 0.6) is 0 Å². The molecule has 16 aromatic rings. The average molecular weight is 2020 g/mol. The first-order chi connectivity index (χ1) is 62.2. The first-order valence-corrected chi connectivity index (χ1v) is 44.6. The Morgan fingerprint density at radius 3 is 1.07 bits per heavy atom. The number of thiophene rings is 3. The van der Waals surface area contributed by atoms with E-state index in [0.29, 0.717) is 136 Å². The summed E-state index contributed by atoms with van der Waals surface area (Å²) in [5.41, 5.74) is 9.16. The molecular formula is C93H60Cl12N14O8S3. The minimum absolute atomic E-state index is 0. The van der Waals surface area contributed by atoms with E-state index in [1.807, 2.05) is 54.6 Å². The summed E-state index contributed by atoms with van der Waals surface area (Å²) >= 11 is 75.3. The Morgan fingerprint density at radius 2 is 0.738 bits per heavy atom. The third-order valence-corrected chi connectivity index (χ3v) is 24.5. The molecular weight excluding hydrogens is 1960 g/mol. The van der Waals surface area contributed by atoms with E-state index < -0.39 is 36.1 Å². The van der Waals surface area contributed by atoms with Gasteiger partial charge in [-0.1, -0.05) is 194 Å². The number of rotatable bonds is 21. The molecule has 0 spiro atoms. The predicted octanol–water partition coefficient (Wildman–Crippen LogP) is 26.5. The number of aromatic nitrogens is 5. The van der Waals surface area contributed by atoms with Crippen molar-refractivity contribution in [3.8, 4) is 6.07 Å². The van der Waals surface area contributed by atoms with Crippen molar-refractivity contribution in [1.29, 1.82) is 10.7 Å². The number of pyridine rings is 5. The number of halogens is 12. The van der Waals surface area contributed by atoms with Crippen LogP contribution in [0.2, 0.25) is 60.3 Å². The van der Waals surface area contributed by atoms with Crippen LogP contribution < -0.4 is 26.6 Å². The number of nitriles is 1. The van der Waals surface area contributed by atoms with Gasteiger partial charge in [-0.25, -0.2) is 9.69 Å². The first-order valence-electron chi connectivity index (χ1n) is 37.5. The number of amides is 5. The zero-order valence-corrected chi connectivity index (χ0v) is 77.7. The average Bonchev–Trinajstić information content (AvgIpc) is 1.64. The van der Waals surface area contributed by atoms with E-state index in [-0.39, 0.29) is 40.6 Å². The number of benzene rings is 6. The van der Waals surface area contributed by atoms with Gasteiger partial charge in [-0.05, 0) is 215 Å². The largest absolute Gasteiger partial charge is 0.464 e. The Kier molecular flexibility index (Phi) is 36.0. The summed E-state index contributed by atoms with van der Waals surface area (Å²) in [4.78, 5) is 93.3. The van der Waals surface area contributed by atoms with Gasteiger partial charge in [0.1, 0.15) is 22.3 Å². The smallest absolute Gasteiger partial charge is 0.287 e. The third-order valence-electron chi connectivity index (χ3n) is 18.3. The summed E-state index contributed by atoms with van der Waals surface area (Å²) in [5, 5.41) is 41.0. The van der Waals surface area contributed by atoms with Crippen LogP contribution in [0.15, 0.2) is 287 Å². The lowest BCUT2D eigenvalue weighted by Crippen LogP contribution is -2.29. The maximum atomic E-state index is 12.9. The van der Waals surface area contributed by atoms with Crippen molar-refractivity contribution in [2.75, 3.05) is 0 Å². The van der Waals surface area contributed by atoms with E-state index in [2.05, 4.69) is 61.2 Å². The monoisotopic (exact) mass is 2020 g/mol. The van der Waals surface area contributed by atoms with Crippen molar-refractivity contribution in [3.63, 3.8) is 0 Å². The highest BCUT2D eigenvalue weighted by atomic mass is 35.5. The maximum Gasteiger partial charge on any atom is 0.287 e. The van der Waals surface area contributed by atoms with Crippen molar-refractivity contribution < 1.29 is 38.3 Å². The Balaban J connectivity index is 0.000000157. The van der Waals surface area contributed by atoms with Gasteiger partial charge in [-0.2, -0.15) is 27.9 Å². The molecule has 0 bridgehead atoms. The Bertz CT molecular complexity index is 6500. The molecule has 37 heteroatoms. The van der Waals surface area contributed by atoms with Crippen molar-refractivity contribution in [2.24, 2.45) is 0 Å². The Hall–Kier alpha value is -12.1. The van der Waals surface area contributed by atoms with Gasteiger partial charge in [-0.15, -0.1) is 11.3 Å². The van der Waals surface area contributed by atoms with Crippen molar-refractivity contribution in [1.82, 2.24) is 51.5 Å². The van der Waals surface area contributed by atoms with Gasteiger partial charge >= 0.3 is 0 Å². The highest BCUT2D eigenvalue weighted by molar-refractivity contribution is 7.14. The van der Waals surface area contributed by atoms with Crippen LogP contribution in [-0.2, 0) is 0 Å². The van der Waals surface area contributed by atoms with Gasteiger partial charge in [0, 0.05) is 57.0 Å². The molecule has 0 aliphatic heterocycles. The van der Waals surface area contributed by atoms with Crippen LogP contribution in [0.1, 0.15) is 147 Å². The summed E-state index contributed by atoms with van der Waals surface area (Å²) in [5.74, 6) is -1.16. The van der Waals surface area contributed by atoms with Crippen molar-refractivity contribution in [2.45, 2.75) is 30.2 Å². The van der Waals surface area contributed by atoms with Gasteiger partial charge in [0.05, 0.1) is 144 Å². The fourth-order valence-electron chi connectivity index (χ4n) is 12.0. The van der Waals surface area contributed by atoms with Crippen LogP contribution >= 0.6 is 173 Å². The van der Waals surface area contributed by atoms with Crippen LogP contribution in [0.25, 0.3) is 20.7 Å². The molecule has 16 rings (SSSR count). The molecule has 10 aromatic heterocycles. The molecule has 5 atom stereocenters. The van der Waals surface area contributed by atoms with Crippen LogP contribution in [0.4, 0.5) is 11.4 Å². The number of nitrogens with one attached hydrogen (secondary N) is 6. The van der Waals surface area contributed by atoms with E-state index >= 15 is 0 Å². The zero-order valence-electron chi connectivity index (χ0n) is 66.2. The van der Waals surface area contributed by atoms with Crippen molar-refractivity contribution >= 4 is 231 Å². The first kappa shape index (κ1) is 98.5. The standard InChI is InChI=1S/C21H14Cl2N2O2.C18H12Cl3N3O2.C18H10Cl3N3OS.2C18H11Cl2N3OS.H2O/c22-16-5-3-14(4-6-16)20(18-8-7-17(23)12-24-18)25-21(26)15-2-1-13-9-10-27-19(13)11-15;19-11-2-5-15(23-9-11)17(10-1-4-13(20)14(21)7-10)24-18(25)16-6-3-12(8-22)26-16;1-22-12-7-16(26-9-12)18(25)24-17(15-5-3-11(19)8-23-15)10-2-4-13(20)14(21)6-10;1-21-14-8-16(25-10-14)18(24)23-17(11-2-4-12(19)5-3-11)15-7-6-13(20)9-22-15;19-12-3-1-11(2-4-12)17(15-7-5-13(20)10-22-15)23-18(24)16-8-6-14(9-21)25-16;/h1-12,20H,(H,25,26);1-9,17,22H,(H,24,25);2-9,17H,(H,24,25);2-10,17H,(H,23,24);1-8,10,17H,(H,23,24);1H2/t20-;4*17-;/m00000./s1. The van der Waals surface area contributed by atoms with E-state index in [1.54, 1.807) is 193 Å². The van der Waals surface area contributed by atoms with Gasteiger partial charge < -0.3 is 46.3 Å². The molecule has 652 valence electrons. The summed E-state index contributed by atoms with van der Waals surface area (Å²) in [7, 11) is 0. The zero-order chi connectivity index (χ0) is 91.8. The lowest BCUT2D eigenvalue weighted by atomic mass is 10.0. The molecule has 0 saturated heterocycles. The molecule has 22 nitrogen and oxygen atoms in total. The minimum Gasteiger partial charge on any atom is -0.464 e. The summed E-state index contributed by atoms with van der Waals surface area (Å²) in [6.45, 7) is 14.0. The topological polar surface area (TPSA) is 324 Å². The van der Waals surface area contributed by atoms with E-state index in [4.69, 9.17) is 172 Å². The predicted molar refractivity (Wildman–Crippen MR) is 517 cm³/mol. The SMILES string of the molecule is N#Cc1ccc(C(=O)N[C@@H](c2ccc(Cl)cc2)c2ccc(Cl)cn2)s1.N=Cc1ccc(C(=O)N[C@@H](c2ccc(Cl)c(Cl)c2)c2ccc(Cl)cn2)o1.O.O=C(N[C@@H](c1ccc(Cl)cc1)c1ccc(Cl)cn1)c1ccc2ccoc2c1.[C-]#[N+]c1csc(C(=O)N[C@@H](c2ccc(Cl)c(Cl)c2)c2ccc(Cl)cn2)c1.[C-]#[N+]c1csc(C(=O)N[C@@H](c2ccc(Cl)cc2)c2ccc(Cl)cn2)c1. The number of furan rings is 2. The molecule has 0 aliphatic rings. The quantitative estimate of drug-likeness (QED) is 0.0288. The fraction of sp³-hybridized carbons (Fsp3) is 0.0538. The van der Waals surface area contributed by atoms with Gasteiger partial charge in [-0.3, -0.25) is 48.9 Å². The Labute approximate surface area is 815 Å². The van der Waals surface area contributed by atoms with Crippen LogP contribution in [-0.4, -0.2) is 66.1 Å². The number of carbonyl (C=O) groups is 5. The third kappa shape index (κ3) is 27.3. The highest BCUT2D eigenvalue weighted by Gasteiger charge is 2.28. The molecule has 5 amide bonds. The highest BCUT2D eigenvalue weighted by Crippen LogP contribution is 2.35. The maximum absolute atomic E-state index is 12.9. The number of hydrogen-bond acceptors (Lipinski definition) is 17. The number of fused-ring (bicyclic) bond motifs is 1. The fourth-order valence-corrected chi connectivity index (χ4v) is 15.7.